The summed E-state index contributed by atoms with van der Waals surface area (Å²) >= 11 is 5.76. The van der Waals surface area contributed by atoms with Gasteiger partial charge < -0.3 is 40.1 Å². The summed E-state index contributed by atoms with van der Waals surface area (Å²) in [5.74, 6) is -4.68. The van der Waals surface area contributed by atoms with Crippen LogP contribution in [0.1, 0.15) is 88.2 Å². The second kappa shape index (κ2) is 20.6. The van der Waals surface area contributed by atoms with E-state index in [1.807, 2.05) is 56.3 Å². The van der Waals surface area contributed by atoms with Crippen molar-refractivity contribution in [2.45, 2.75) is 110 Å². The molecule has 21 heteroatoms. The fourth-order valence-corrected chi connectivity index (χ4v) is 14.2. The minimum absolute atomic E-state index is 0.0571. The number of nitrogens with zero attached hydrogens (tertiary/aromatic N) is 3. The number of H-pyrrole nitrogens is 1. The van der Waals surface area contributed by atoms with Crippen LogP contribution in [0.25, 0.3) is 33.4 Å². The lowest BCUT2D eigenvalue weighted by Gasteiger charge is -2.37. The number of sulfonamides is 1. The first-order valence-electron chi connectivity index (χ1n) is 26.0. The first-order chi connectivity index (χ1) is 37.1. The summed E-state index contributed by atoms with van der Waals surface area (Å²) < 4.78 is 42.8. The number of fused-ring (bicyclic) bond motifs is 7. The van der Waals surface area contributed by atoms with E-state index < -0.39 is 85.6 Å². The maximum absolute atomic E-state index is 14.5. The number of nitrogens with one attached hydrogen (secondary N) is 5. The molecule has 3 aromatic heterocycles. The zero-order valence-corrected chi connectivity index (χ0v) is 45.3. The highest BCUT2D eigenvalue weighted by atomic mass is 32.2. The van der Waals surface area contributed by atoms with Crippen LogP contribution in [0.4, 0.5) is 5.69 Å². The molecule has 0 spiro atoms. The van der Waals surface area contributed by atoms with E-state index in [0.717, 1.165) is 34.0 Å². The fourth-order valence-electron chi connectivity index (χ4n) is 11.9. The number of aromatic amines is 1. The van der Waals surface area contributed by atoms with Gasteiger partial charge in [-0.15, -0.1) is 0 Å². The molecule has 6 atom stereocenters. The number of aromatic nitrogens is 4. The van der Waals surface area contributed by atoms with E-state index >= 15 is 0 Å². The van der Waals surface area contributed by atoms with Crippen LogP contribution < -0.4 is 26.2 Å². The van der Waals surface area contributed by atoms with Crippen molar-refractivity contribution in [1.29, 1.82) is 0 Å². The van der Waals surface area contributed by atoms with Crippen LogP contribution in [0.15, 0.2) is 102 Å². The van der Waals surface area contributed by atoms with Crippen molar-refractivity contribution in [3.8, 4) is 22.5 Å². The average molecular weight is 1100 g/mol. The van der Waals surface area contributed by atoms with Crippen LogP contribution in [-0.4, -0.2) is 91.6 Å². The van der Waals surface area contributed by atoms with Gasteiger partial charge in [0.1, 0.15) is 30.5 Å². The molecule has 3 aromatic carbocycles. The number of pyridine rings is 2. The molecule has 0 saturated heterocycles. The number of hydrogen-bond acceptors (Lipinski definition) is 13. The van der Waals surface area contributed by atoms with Gasteiger partial charge in [-0.3, -0.25) is 19.2 Å². The summed E-state index contributed by atoms with van der Waals surface area (Å²) in [6, 6.07) is 21.8. The van der Waals surface area contributed by atoms with Crippen molar-refractivity contribution in [2.75, 3.05) is 11.1 Å². The molecule has 2 fully saturated rings. The topological polar surface area (TPSA) is 270 Å². The van der Waals surface area contributed by atoms with Gasteiger partial charge in [0.15, 0.2) is 5.11 Å². The predicted octanol–water partition coefficient (Wildman–Crippen LogP) is 6.07. The number of cyclic esters (lactones) is 1. The summed E-state index contributed by atoms with van der Waals surface area (Å²) in [6.07, 6.45) is 4.44. The molecule has 406 valence electrons. The fraction of sp³-hybridized carbons (Fsp3) is 0.386. The van der Waals surface area contributed by atoms with Gasteiger partial charge in [-0.05, 0) is 102 Å². The van der Waals surface area contributed by atoms with Crippen molar-refractivity contribution >= 4 is 73.5 Å². The van der Waals surface area contributed by atoms with Crippen LogP contribution in [0.3, 0.4) is 0 Å². The Morgan fingerprint density at radius 2 is 1.73 bits per heavy atom. The second-order valence-electron chi connectivity index (χ2n) is 21.8. The number of carbonyl (C=O) groups excluding carboxylic acids is 4. The van der Waals surface area contributed by atoms with E-state index in [1.54, 1.807) is 74.0 Å². The molecule has 6 aromatic rings. The number of thiocarbonyl (C=S) groups is 1. The molecule has 0 radical (unpaired) electrons. The first-order valence-corrected chi connectivity index (χ1v) is 28.0. The Balaban J connectivity index is 0.815. The molecule has 6 N–H and O–H groups in total. The van der Waals surface area contributed by atoms with Crippen LogP contribution in [0, 0.1) is 22.7 Å². The zero-order chi connectivity index (χ0) is 55.5. The van der Waals surface area contributed by atoms with Gasteiger partial charge in [-0.25, -0.2) is 32.7 Å². The SMILES string of the molecule is CC[C@@]1(OC(=O)C(NC(=O)[C@H](Cc2cnc[nH]2)NC(=S)Nc2cccc(-c3ccc(C[C@@H](NS(=O)(=O)CC45CCC(CC4=O)C5(C)C)C(=O)O)cc3)c2)C(C)C)C(=O)OCc2c1cc1n(c2=O)Cc2cc3ccccc3nc2-1. The van der Waals surface area contributed by atoms with E-state index in [2.05, 4.69) is 30.6 Å². The highest BCUT2D eigenvalue weighted by molar-refractivity contribution is 7.89. The van der Waals surface area contributed by atoms with Gasteiger partial charge in [0, 0.05) is 52.3 Å². The number of amides is 1. The van der Waals surface area contributed by atoms with Gasteiger partial charge in [0.2, 0.25) is 21.5 Å². The van der Waals surface area contributed by atoms with Crippen LogP contribution in [0.2, 0.25) is 0 Å². The molecule has 2 saturated carbocycles. The molecule has 2 bridgehead atoms. The smallest absolute Gasteiger partial charge is 0.355 e. The van der Waals surface area contributed by atoms with Crippen molar-refractivity contribution in [1.82, 2.24) is 34.9 Å². The summed E-state index contributed by atoms with van der Waals surface area (Å²) in [6.45, 7) is 8.91. The maximum Gasteiger partial charge on any atom is 0.355 e. The Bertz CT molecular complexity index is 3600. The van der Waals surface area contributed by atoms with Gasteiger partial charge in [0.25, 0.3) is 5.56 Å². The van der Waals surface area contributed by atoms with E-state index in [4.69, 9.17) is 26.7 Å². The quantitative estimate of drug-likeness (QED) is 0.0420. The van der Waals surface area contributed by atoms with E-state index in [9.17, 15) is 42.3 Å². The number of ketones is 1. The maximum atomic E-state index is 14.5. The molecule has 2 aliphatic heterocycles. The first kappa shape index (κ1) is 53.8. The third kappa shape index (κ3) is 9.87. The molecule has 2 aliphatic carbocycles. The number of carboxylic acid groups (broad SMARTS) is 1. The lowest BCUT2D eigenvalue weighted by Crippen LogP contribution is -2.56. The number of para-hydroxylation sites is 1. The minimum atomic E-state index is -4.16. The number of hydrogen-bond donors (Lipinski definition) is 6. The summed E-state index contributed by atoms with van der Waals surface area (Å²) in [5.41, 5.74) is 2.29. The van der Waals surface area contributed by atoms with Crippen LogP contribution in [0.5, 0.6) is 0 Å². The van der Waals surface area contributed by atoms with Gasteiger partial charge >= 0.3 is 17.9 Å². The van der Waals surface area contributed by atoms with Crippen LogP contribution in [-0.2, 0) is 75.1 Å². The van der Waals surface area contributed by atoms with Crippen molar-refractivity contribution in [2.24, 2.45) is 22.7 Å². The van der Waals surface area contributed by atoms with E-state index in [-0.39, 0.29) is 60.4 Å². The average Bonchev–Trinajstić information content (AvgIpc) is 4.35. The van der Waals surface area contributed by atoms with Gasteiger partial charge in [0.05, 0.1) is 41.1 Å². The van der Waals surface area contributed by atoms with Crippen LogP contribution >= 0.6 is 12.2 Å². The normalized spacial score (nSPS) is 21.0. The number of anilines is 1. The molecule has 1 amide bonds. The molecule has 10 rings (SSSR count). The summed E-state index contributed by atoms with van der Waals surface area (Å²) in [5, 5.41) is 20.1. The third-order valence-electron chi connectivity index (χ3n) is 16.5. The Hall–Kier alpha value is -7.62. The van der Waals surface area contributed by atoms with E-state index in [1.165, 1.54) is 6.33 Å². The Morgan fingerprint density at radius 1 is 0.962 bits per heavy atom. The number of esters is 2. The standard InChI is InChI=1S/C57H60N8O11S2/c1-6-57(41-25-45-48-36(21-35-10-7-8-13-42(35)61-48)27-65(45)50(68)40(41)28-75-53(57)72)76-52(71)47(31(2)3)63-49(67)43(24-39-26-58-30-59-39)62-54(77)60-38-12-9-11-34(22-38)33-16-14-32(15-17-33)20-44(51(69)70)64-78(73,74)29-56-19-18-37(23-46(56)66)55(56,4)5/h7-17,21-22,25-26,30-31,37,43-44,47,64H,6,18-20,23-24,27-29H2,1-5H3,(H,58,59)(H,63,67)(H,69,70)(H2,60,62,77)/t37?,43-,44+,47?,56?,57-/m0/s1. The molecular formula is C57H60N8O11S2. The largest absolute Gasteiger partial charge is 0.480 e. The number of rotatable bonds is 18. The molecule has 19 nitrogen and oxygen atoms in total. The number of aliphatic carboxylic acids is 1. The molecular weight excluding hydrogens is 1040 g/mol. The number of carboxylic acids is 1. The minimum Gasteiger partial charge on any atom is -0.480 e. The number of carbonyl (C=O) groups is 5. The van der Waals surface area contributed by atoms with Gasteiger partial charge in [-0.1, -0.05) is 89.2 Å². The van der Waals surface area contributed by atoms with Crippen molar-refractivity contribution in [3.05, 3.63) is 136 Å². The zero-order valence-electron chi connectivity index (χ0n) is 43.7. The summed E-state index contributed by atoms with van der Waals surface area (Å²) in [4.78, 5) is 94.5. The van der Waals surface area contributed by atoms with Crippen molar-refractivity contribution < 1.29 is 47.0 Å². The Kier molecular flexibility index (Phi) is 14.2. The molecule has 78 heavy (non-hydrogen) atoms. The molecule has 4 aliphatic rings. The Labute approximate surface area is 455 Å². The van der Waals surface area contributed by atoms with Gasteiger partial charge in [-0.2, -0.15) is 0 Å². The number of benzene rings is 3. The predicted molar refractivity (Wildman–Crippen MR) is 293 cm³/mol. The number of imidazole rings is 1. The lowest BCUT2D eigenvalue weighted by molar-refractivity contribution is -0.191. The number of ether oxygens (including phenoxy) is 2. The summed E-state index contributed by atoms with van der Waals surface area (Å²) in [7, 11) is -4.16. The molecule has 5 heterocycles. The Morgan fingerprint density at radius 3 is 2.41 bits per heavy atom. The second-order valence-corrected chi connectivity index (χ2v) is 23.9. The lowest BCUT2D eigenvalue weighted by atomic mass is 9.70. The van der Waals surface area contributed by atoms with E-state index in [0.29, 0.717) is 41.2 Å². The highest BCUT2D eigenvalue weighted by Crippen LogP contribution is 2.64. The highest BCUT2D eigenvalue weighted by Gasteiger charge is 2.65. The third-order valence-corrected chi connectivity index (χ3v) is 18.3. The molecule has 3 unspecified atom stereocenters. The number of Topliss-reactive ketones (excluding diaryl/α,β-unsaturated/α-hetero) is 1. The van der Waals surface area contributed by atoms with Crippen molar-refractivity contribution in [3.63, 3.8) is 0 Å². The monoisotopic (exact) mass is 1100 g/mol.